The number of carbonyl (C=O) groups excluding carboxylic acids is 2. The molecule has 1 N–H and O–H groups in total. The fourth-order valence-electron chi connectivity index (χ4n) is 1.36. The molecule has 0 aliphatic carbocycles. The number of esters is 1. The first-order chi connectivity index (χ1) is 9.24. The number of hydrogen-bond donors (Lipinski definition) is 1. The van der Waals surface area contributed by atoms with Crippen LogP contribution in [0.4, 0.5) is 4.79 Å². The lowest BCUT2D eigenvalue weighted by molar-refractivity contribution is 0.0521. The van der Waals surface area contributed by atoms with Crippen molar-refractivity contribution in [3.8, 4) is 0 Å². The number of aryl methyl sites for hydroxylation is 1. The smallest absolute Gasteiger partial charge is 0.420 e. The fourth-order valence-corrected chi connectivity index (χ4v) is 2.93. The summed E-state index contributed by atoms with van der Waals surface area (Å²) in [6.45, 7) is 1.57. The Kier molecular flexibility index (Phi) is 4.95. The highest BCUT2D eigenvalue weighted by atomic mass is 35.5. The molecule has 0 saturated carbocycles. The molecule has 0 unspecified atom stereocenters. The Bertz CT molecular complexity index is 638. The number of carbonyl (C=O) groups is 2. The minimum atomic E-state index is -4.38. The van der Waals surface area contributed by atoms with E-state index in [-0.39, 0.29) is 11.8 Å². The number of aromatic nitrogens is 2. The summed E-state index contributed by atoms with van der Waals surface area (Å²) in [4.78, 5) is 22.8. The van der Waals surface area contributed by atoms with Gasteiger partial charge in [0.1, 0.15) is 5.56 Å². The molecule has 0 aliphatic heterocycles. The predicted octanol–water partition coefficient (Wildman–Crippen LogP) is 0.295. The Morgan fingerprint density at radius 3 is 2.55 bits per heavy atom. The van der Waals surface area contributed by atoms with E-state index in [2.05, 4.69) is 9.84 Å². The highest BCUT2D eigenvalue weighted by Gasteiger charge is 2.33. The zero-order chi connectivity index (χ0) is 15.5. The van der Waals surface area contributed by atoms with Gasteiger partial charge in [-0.3, -0.25) is 4.68 Å². The first-order valence-electron chi connectivity index (χ1n) is 5.25. The normalized spacial score (nSPS) is 11.0. The molecule has 0 fully saturated rings. The molecule has 0 bridgehead atoms. The highest BCUT2D eigenvalue weighted by Crippen LogP contribution is 2.24. The van der Waals surface area contributed by atoms with Crippen LogP contribution in [0.5, 0.6) is 0 Å². The third-order valence-electron chi connectivity index (χ3n) is 2.09. The number of halogens is 1. The van der Waals surface area contributed by atoms with E-state index in [0.717, 1.165) is 11.8 Å². The van der Waals surface area contributed by atoms with Crippen molar-refractivity contribution in [2.24, 2.45) is 7.05 Å². The van der Waals surface area contributed by atoms with Gasteiger partial charge in [0.15, 0.2) is 10.2 Å². The quantitative estimate of drug-likeness (QED) is 0.791. The van der Waals surface area contributed by atoms with Crippen LogP contribution in [-0.2, 0) is 26.5 Å². The third-order valence-corrected chi connectivity index (χ3v) is 3.77. The van der Waals surface area contributed by atoms with Gasteiger partial charge in [-0.1, -0.05) is 11.6 Å². The lowest BCUT2D eigenvalue weighted by Gasteiger charge is -2.08. The topological polar surface area (TPSA) is 117 Å². The van der Waals surface area contributed by atoms with Crippen molar-refractivity contribution < 1.29 is 27.5 Å². The largest absolute Gasteiger partial charge is 0.462 e. The zero-order valence-electron chi connectivity index (χ0n) is 10.8. The molecular weight excluding hydrogens is 314 g/mol. The van der Waals surface area contributed by atoms with Crippen molar-refractivity contribution in [3.05, 3.63) is 10.7 Å². The number of hydrogen-bond acceptors (Lipinski definition) is 7. The van der Waals surface area contributed by atoms with E-state index in [0.29, 0.717) is 0 Å². The molecule has 1 heterocycles. The minimum absolute atomic E-state index is 0.0218. The van der Waals surface area contributed by atoms with Crippen LogP contribution in [0.25, 0.3) is 0 Å². The first kappa shape index (κ1) is 16.2. The van der Waals surface area contributed by atoms with E-state index in [1.807, 2.05) is 0 Å². The Balaban J connectivity index is 3.37. The van der Waals surface area contributed by atoms with Gasteiger partial charge in [-0.2, -0.15) is 13.5 Å². The van der Waals surface area contributed by atoms with Gasteiger partial charge >= 0.3 is 12.1 Å². The van der Waals surface area contributed by atoms with Crippen LogP contribution in [0.2, 0.25) is 5.15 Å². The van der Waals surface area contributed by atoms with Gasteiger partial charge in [0.05, 0.1) is 13.7 Å². The second-order valence-corrected chi connectivity index (χ2v) is 5.37. The number of methoxy groups -OCH3 is 1. The average Bonchev–Trinajstić information content (AvgIpc) is 2.64. The van der Waals surface area contributed by atoms with Gasteiger partial charge in [0.2, 0.25) is 0 Å². The molecule has 0 saturated heterocycles. The molecule has 1 aromatic rings. The number of amides is 1. The van der Waals surface area contributed by atoms with Gasteiger partial charge in [-0.15, -0.1) is 0 Å². The van der Waals surface area contributed by atoms with Crippen molar-refractivity contribution >= 4 is 33.7 Å². The fraction of sp³-hybridized carbons (Fsp3) is 0.444. The molecule has 1 amide bonds. The summed E-state index contributed by atoms with van der Waals surface area (Å²) in [5.41, 5.74) is -0.451. The van der Waals surface area contributed by atoms with Crippen LogP contribution >= 0.6 is 11.6 Å². The molecule has 1 rings (SSSR count). The maximum Gasteiger partial charge on any atom is 0.420 e. The van der Waals surface area contributed by atoms with Crippen LogP contribution < -0.4 is 4.72 Å². The molecule has 0 atom stereocenters. The van der Waals surface area contributed by atoms with Crippen molar-refractivity contribution in [1.82, 2.24) is 14.5 Å². The molecule has 112 valence electrons. The summed E-state index contributed by atoms with van der Waals surface area (Å²) >= 11 is 5.72. The van der Waals surface area contributed by atoms with Gasteiger partial charge in [-0.25, -0.2) is 14.3 Å². The second-order valence-electron chi connectivity index (χ2n) is 3.41. The summed E-state index contributed by atoms with van der Waals surface area (Å²) in [6.07, 6.45) is -1.21. The number of nitrogens with zero attached hydrogens (tertiary/aromatic N) is 2. The lowest BCUT2D eigenvalue weighted by atomic mass is 10.4. The Morgan fingerprint density at radius 2 is 2.05 bits per heavy atom. The predicted molar refractivity (Wildman–Crippen MR) is 66.9 cm³/mol. The second kappa shape index (κ2) is 6.09. The standard InChI is InChI=1S/C9H12ClN3O6S/c1-4-19-8(14)5-6(10)11-13(2)7(5)20(16,17)12-9(15)18-3/h4H2,1-3H3,(H,12,15). The molecule has 0 spiro atoms. The SMILES string of the molecule is CCOC(=O)c1c(Cl)nn(C)c1S(=O)(=O)NC(=O)OC. The summed E-state index contributed by atoms with van der Waals surface area (Å²) in [5.74, 6) is -0.962. The van der Waals surface area contributed by atoms with E-state index in [1.165, 1.54) is 7.05 Å². The number of sulfonamides is 1. The van der Waals surface area contributed by atoms with E-state index < -0.39 is 32.7 Å². The summed E-state index contributed by atoms with van der Waals surface area (Å²) in [7, 11) is -2.14. The summed E-state index contributed by atoms with van der Waals surface area (Å²) in [6, 6.07) is 0. The van der Waals surface area contributed by atoms with Gasteiger partial charge in [0.25, 0.3) is 10.0 Å². The van der Waals surface area contributed by atoms with E-state index in [1.54, 1.807) is 11.6 Å². The van der Waals surface area contributed by atoms with Gasteiger partial charge in [-0.05, 0) is 6.92 Å². The van der Waals surface area contributed by atoms with Crippen LogP contribution in [0.1, 0.15) is 17.3 Å². The maximum atomic E-state index is 12.0. The average molecular weight is 326 g/mol. The molecular formula is C9H12ClN3O6S. The third kappa shape index (κ3) is 3.20. The molecule has 20 heavy (non-hydrogen) atoms. The molecule has 0 radical (unpaired) electrons. The van der Waals surface area contributed by atoms with Gasteiger partial charge in [0, 0.05) is 7.05 Å². The Morgan fingerprint density at radius 1 is 1.45 bits per heavy atom. The van der Waals surface area contributed by atoms with E-state index in [9.17, 15) is 18.0 Å². The van der Waals surface area contributed by atoms with Crippen LogP contribution in [-0.4, -0.2) is 44.0 Å². The highest BCUT2D eigenvalue weighted by molar-refractivity contribution is 7.90. The van der Waals surface area contributed by atoms with Crippen LogP contribution in [0.3, 0.4) is 0 Å². The lowest BCUT2D eigenvalue weighted by Crippen LogP contribution is -2.32. The van der Waals surface area contributed by atoms with Crippen molar-refractivity contribution in [2.45, 2.75) is 11.9 Å². The number of rotatable bonds is 4. The van der Waals surface area contributed by atoms with Crippen LogP contribution in [0.15, 0.2) is 5.03 Å². The number of ether oxygens (including phenoxy) is 2. The molecule has 9 nitrogen and oxygen atoms in total. The minimum Gasteiger partial charge on any atom is -0.462 e. The Labute approximate surface area is 119 Å². The summed E-state index contributed by atoms with van der Waals surface area (Å²) < 4.78 is 35.4. The first-order valence-corrected chi connectivity index (χ1v) is 7.11. The monoisotopic (exact) mass is 325 g/mol. The molecule has 0 aromatic carbocycles. The van der Waals surface area contributed by atoms with Crippen molar-refractivity contribution in [2.75, 3.05) is 13.7 Å². The van der Waals surface area contributed by atoms with Crippen molar-refractivity contribution in [3.63, 3.8) is 0 Å². The molecule has 1 aromatic heterocycles. The number of nitrogens with one attached hydrogen (secondary N) is 1. The maximum absolute atomic E-state index is 12.0. The van der Waals surface area contributed by atoms with Crippen molar-refractivity contribution in [1.29, 1.82) is 0 Å². The Hall–Kier alpha value is -1.81. The van der Waals surface area contributed by atoms with Crippen LogP contribution in [0, 0.1) is 0 Å². The molecule has 0 aliphatic rings. The van der Waals surface area contributed by atoms with E-state index >= 15 is 0 Å². The summed E-state index contributed by atoms with van der Waals surface area (Å²) in [5, 5.41) is 2.68. The molecule has 11 heteroatoms. The van der Waals surface area contributed by atoms with Gasteiger partial charge < -0.3 is 9.47 Å². The zero-order valence-corrected chi connectivity index (χ0v) is 12.4. The van der Waals surface area contributed by atoms with E-state index in [4.69, 9.17) is 16.3 Å².